The van der Waals surface area contributed by atoms with Crippen molar-refractivity contribution in [3.63, 3.8) is 0 Å². The summed E-state index contributed by atoms with van der Waals surface area (Å²) in [6.45, 7) is 12.5. The van der Waals surface area contributed by atoms with Gasteiger partial charge in [0.1, 0.15) is 47.0 Å². The van der Waals surface area contributed by atoms with Crippen molar-refractivity contribution in [1.82, 2.24) is 25.5 Å². The van der Waals surface area contributed by atoms with Gasteiger partial charge in [-0.2, -0.15) is 0 Å². The molecule has 3 aromatic rings. The van der Waals surface area contributed by atoms with Crippen LogP contribution in [0, 0.1) is 11.3 Å². The van der Waals surface area contributed by atoms with Gasteiger partial charge in [0.15, 0.2) is 5.13 Å². The number of carboxylic acids is 1. The molecule has 5 atom stereocenters. The first kappa shape index (κ1) is 40.2. The predicted octanol–water partition coefficient (Wildman–Crippen LogP) is 5.51. The van der Waals surface area contributed by atoms with Crippen molar-refractivity contribution in [1.29, 1.82) is 0 Å². The number of nitrogens with zero attached hydrogens (tertiary/aromatic N) is 3. The van der Waals surface area contributed by atoms with Gasteiger partial charge < -0.3 is 39.6 Å². The number of rotatable bonds is 13. The Labute approximate surface area is 328 Å². The van der Waals surface area contributed by atoms with E-state index in [4.69, 9.17) is 23.9 Å². The molecule has 17 heteroatoms. The van der Waals surface area contributed by atoms with Crippen LogP contribution in [0.2, 0.25) is 0 Å². The van der Waals surface area contributed by atoms with Crippen molar-refractivity contribution >= 4 is 57.3 Å². The molecule has 2 aromatic heterocycles. The fourth-order valence-electron chi connectivity index (χ4n) is 6.79. The molecule has 1 saturated heterocycles. The number of hydrogen-bond donors (Lipinski definition) is 4. The highest BCUT2D eigenvalue weighted by atomic mass is 32.1. The third-order valence-corrected chi connectivity index (χ3v) is 10.9. The molecule has 0 radical (unpaired) electrons. The number of carbonyl (C=O) groups excluding carboxylic acids is 4. The average molecular weight is 793 g/mol. The Bertz CT molecular complexity index is 2030. The lowest BCUT2D eigenvalue weighted by Crippen LogP contribution is -2.59. The second-order valence-electron chi connectivity index (χ2n) is 15.7. The monoisotopic (exact) mass is 792 g/mol. The molecule has 6 rings (SSSR count). The van der Waals surface area contributed by atoms with E-state index in [1.54, 1.807) is 64.3 Å². The number of amides is 4. The van der Waals surface area contributed by atoms with E-state index in [9.17, 15) is 29.1 Å². The number of carbonyl (C=O) groups is 5. The molecule has 2 saturated carbocycles. The number of methoxy groups -OCH3 is 1. The molecule has 56 heavy (non-hydrogen) atoms. The summed E-state index contributed by atoms with van der Waals surface area (Å²) in [7, 11) is 1.53. The van der Waals surface area contributed by atoms with Gasteiger partial charge in [-0.1, -0.05) is 26.8 Å². The van der Waals surface area contributed by atoms with Crippen molar-refractivity contribution < 1.29 is 48.0 Å². The van der Waals surface area contributed by atoms with Crippen LogP contribution in [0.5, 0.6) is 11.5 Å². The lowest BCUT2D eigenvalue weighted by molar-refractivity contribution is -0.146. The second kappa shape index (κ2) is 16.0. The number of ether oxygens (including phenoxy) is 4. The summed E-state index contributed by atoms with van der Waals surface area (Å²) in [5.74, 6) is -1.97. The van der Waals surface area contributed by atoms with E-state index in [-0.39, 0.29) is 31.6 Å². The van der Waals surface area contributed by atoms with Gasteiger partial charge in [0.25, 0.3) is 0 Å². The number of alkyl carbamates (subject to hydrolysis) is 1. The van der Waals surface area contributed by atoms with Gasteiger partial charge >= 0.3 is 18.2 Å². The number of nitrogens with one attached hydrogen (secondary N) is 3. The van der Waals surface area contributed by atoms with Gasteiger partial charge in [-0.15, -0.1) is 17.9 Å². The zero-order chi connectivity index (χ0) is 40.5. The first-order valence-corrected chi connectivity index (χ1v) is 19.4. The first-order chi connectivity index (χ1) is 26.5. The Morgan fingerprint density at radius 3 is 2.43 bits per heavy atom. The van der Waals surface area contributed by atoms with Crippen LogP contribution in [-0.4, -0.2) is 99.5 Å². The van der Waals surface area contributed by atoms with Crippen molar-refractivity contribution in [2.45, 2.75) is 103 Å². The van der Waals surface area contributed by atoms with E-state index in [0.717, 1.165) is 19.3 Å². The number of anilines is 1. The number of likely N-dealkylation sites (tertiary alicyclic amines) is 1. The highest BCUT2D eigenvalue weighted by Crippen LogP contribution is 2.45. The van der Waals surface area contributed by atoms with Crippen molar-refractivity contribution in [3.8, 4) is 22.9 Å². The lowest BCUT2D eigenvalue weighted by atomic mass is 9.85. The van der Waals surface area contributed by atoms with Gasteiger partial charge in [-0.05, 0) is 57.1 Å². The maximum atomic E-state index is 14.5. The Hall–Kier alpha value is -5.45. The number of thiazole rings is 1. The highest BCUT2D eigenvalue weighted by Gasteiger charge is 2.61. The molecule has 1 aromatic carbocycles. The fourth-order valence-corrected chi connectivity index (χ4v) is 7.48. The fraction of sp³-hybridized carbons (Fsp3) is 0.513. The van der Waals surface area contributed by atoms with Gasteiger partial charge in [0.05, 0.1) is 31.0 Å². The van der Waals surface area contributed by atoms with Crippen LogP contribution in [0.15, 0.2) is 42.3 Å². The third kappa shape index (κ3) is 8.67. The van der Waals surface area contributed by atoms with E-state index in [1.165, 1.54) is 29.4 Å². The van der Waals surface area contributed by atoms with Crippen LogP contribution in [0.4, 0.5) is 14.7 Å². The predicted molar refractivity (Wildman–Crippen MR) is 206 cm³/mol. The lowest BCUT2D eigenvalue weighted by Gasteiger charge is -2.36. The van der Waals surface area contributed by atoms with Gasteiger partial charge in [-0.3, -0.25) is 14.9 Å². The summed E-state index contributed by atoms with van der Waals surface area (Å²) in [5, 5.41) is 20.8. The minimum absolute atomic E-state index is 0.00739. The molecule has 2 aliphatic carbocycles. The number of aliphatic carboxylic acids is 1. The van der Waals surface area contributed by atoms with Crippen LogP contribution < -0.4 is 25.4 Å². The molecule has 3 fully saturated rings. The molecule has 1 aliphatic heterocycles. The molecule has 0 spiro atoms. The largest absolute Gasteiger partial charge is 0.497 e. The molecule has 4 N–H and O–H groups in total. The molecule has 4 amide bonds. The maximum Gasteiger partial charge on any atom is 0.413 e. The summed E-state index contributed by atoms with van der Waals surface area (Å²) >= 11 is 1.18. The summed E-state index contributed by atoms with van der Waals surface area (Å²) in [4.78, 5) is 76.8. The van der Waals surface area contributed by atoms with E-state index in [2.05, 4.69) is 27.5 Å². The van der Waals surface area contributed by atoms with E-state index < -0.39 is 65.0 Å². The molecule has 1 unspecified atom stereocenters. The third-order valence-electron chi connectivity index (χ3n) is 10.2. The second-order valence-corrected chi connectivity index (χ2v) is 16.6. The normalized spacial score (nSPS) is 22.4. The number of carboxylic acid groups (broad SMARTS) is 1. The number of aromatic nitrogens is 2. The topological polar surface area (TPSA) is 208 Å². The molecule has 3 heterocycles. The number of hydrogen-bond acceptors (Lipinski definition) is 12. The number of pyridine rings is 1. The van der Waals surface area contributed by atoms with E-state index >= 15 is 0 Å². The van der Waals surface area contributed by atoms with Gasteiger partial charge in [0.2, 0.25) is 11.8 Å². The molecule has 16 nitrogen and oxygen atoms in total. The highest BCUT2D eigenvalue weighted by molar-refractivity contribution is 7.14. The van der Waals surface area contributed by atoms with Crippen LogP contribution in [-0.2, 0) is 23.9 Å². The van der Waals surface area contributed by atoms with Gasteiger partial charge in [-0.25, -0.2) is 24.4 Å². The summed E-state index contributed by atoms with van der Waals surface area (Å²) in [5.41, 5.74) is -0.976. The Morgan fingerprint density at radius 1 is 1.07 bits per heavy atom. The zero-order valence-corrected chi connectivity index (χ0v) is 33.1. The van der Waals surface area contributed by atoms with Crippen LogP contribution in [0.1, 0.15) is 66.7 Å². The quantitative estimate of drug-likeness (QED) is 0.158. The number of fused-ring (bicyclic) bond motifs is 1. The Balaban J connectivity index is 1.32. The van der Waals surface area contributed by atoms with E-state index in [1.807, 2.05) is 0 Å². The Morgan fingerprint density at radius 2 is 1.82 bits per heavy atom. The molecule has 300 valence electrons. The van der Waals surface area contributed by atoms with Crippen LogP contribution >= 0.6 is 11.3 Å². The summed E-state index contributed by atoms with van der Waals surface area (Å²) in [6.07, 6.45) is 1.45. The minimum Gasteiger partial charge on any atom is -0.497 e. The van der Waals surface area contributed by atoms with Crippen molar-refractivity contribution in [2.75, 3.05) is 19.0 Å². The average Bonchev–Trinajstić information content (AvgIpc) is 3.39. The summed E-state index contributed by atoms with van der Waals surface area (Å²) < 4.78 is 22.8. The number of benzene rings is 1. The standard InChI is InChI=1S/C39H48N6O10S/c1-8-21-17-39(21,34(48)49)44-32(46)29-15-24(18-45(29)33(47)31(38(4,5)6)42-36(50)55-22-10-9-11-22)54-30-16-27(40-26-14-23(52-7)12-13-25(26)30)28-19-56-35(41-28)43-37(51)53-20(2)3/h8,12-14,16,19-22,24,29,31H,1,9-11,15,17-18H2,2-7H3,(H,42,50)(H,44,46)(H,48,49)(H,41,43,51)/t21-,24?,29+,31-,39-/m1/s1. The minimum atomic E-state index is -1.54. The SMILES string of the molecule is C=C[C@@H]1C[C@]1(NC(=O)[C@@H]1CC(Oc2cc(-c3csc(NC(=O)OC(C)C)n3)nc3cc(OC)ccc23)CN1C(=O)[C@@H](NC(=O)OC1CCC1)C(C)(C)C)C(=O)O. The van der Waals surface area contributed by atoms with Crippen LogP contribution in [0.25, 0.3) is 22.3 Å². The molecular formula is C39H48N6O10S. The van der Waals surface area contributed by atoms with Crippen molar-refractivity contribution in [2.24, 2.45) is 11.3 Å². The molecular weight excluding hydrogens is 745 g/mol. The molecule has 3 aliphatic rings. The molecule has 0 bridgehead atoms. The zero-order valence-electron chi connectivity index (χ0n) is 32.2. The maximum absolute atomic E-state index is 14.5. The first-order valence-electron chi connectivity index (χ1n) is 18.6. The summed E-state index contributed by atoms with van der Waals surface area (Å²) in [6, 6.07) is 4.72. The van der Waals surface area contributed by atoms with Gasteiger partial charge in [0, 0.05) is 35.2 Å². The Kier molecular flexibility index (Phi) is 11.5. The van der Waals surface area contributed by atoms with Crippen LogP contribution in [0.3, 0.4) is 0 Å². The van der Waals surface area contributed by atoms with E-state index in [0.29, 0.717) is 38.9 Å². The van der Waals surface area contributed by atoms with Crippen molar-refractivity contribution in [3.05, 3.63) is 42.3 Å². The smallest absolute Gasteiger partial charge is 0.413 e.